The Bertz CT molecular complexity index is 968. The number of aryl methyl sites for hydroxylation is 2. The van der Waals surface area contributed by atoms with Gasteiger partial charge in [-0.3, -0.25) is 9.59 Å². The van der Waals surface area contributed by atoms with Crippen LogP contribution in [0.15, 0.2) is 42.5 Å². The molecule has 0 aliphatic carbocycles. The zero-order chi connectivity index (χ0) is 23.2. The average Bonchev–Trinajstić information content (AvgIpc) is 3.31. The lowest BCUT2D eigenvalue weighted by Gasteiger charge is -2.36. The number of morpholine rings is 1. The largest absolute Gasteiger partial charge is 0.384 e. The van der Waals surface area contributed by atoms with Crippen molar-refractivity contribution in [3.8, 4) is 0 Å². The van der Waals surface area contributed by atoms with Crippen molar-refractivity contribution in [1.29, 1.82) is 0 Å². The Morgan fingerprint density at radius 3 is 2.85 bits per heavy atom. The summed E-state index contributed by atoms with van der Waals surface area (Å²) in [6, 6.07) is 13.1. The first-order valence-corrected chi connectivity index (χ1v) is 11.7. The third-order valence-electron chi connectivity index (χ3n) is 6.59. The van der Waals surface area contributed by atoms with E-state index in [0.717, 1.165) is 37.1 Å². The van der Waals surface area contributed by atoms with Crippen LogP contribution in [0.25, 0.3) is 0 Å². The highest BCUT2D eigenvalue weighted by atomic mass is 16.5. The van der Waals surface area contributed by atoms with Gasteiger partial charge in [-0.25, -0.2) is 4.98 Å². The fourth-order valence-corrected chi connectivity index (χ4v) is 4.61. The zero-order valence-electron chi connectivity index (χ0n) is 19.1. The third kappa shape index (κ3) is 5.89. The fourth-order valence-electron chi connectivity index (χ4n) is 4.61. The van der Waals surface area contributed by atoms with Crippen LogP contribution in [0.5, 0.6) is 0 Å². The summed E-state index contributed by atoms with van der Waals surface area (Å²) < 4.78 is 5.54. The molecule has 1 aromatic heterocycles. The van der Waals surface area contributed by atoms with Gasteiger partial charge in [-0.1, -0.05) is 36.4 Å². The summed E-state index contributed by atoms with van der Waals surface area (Å²) in [6.45, 7) is 4.10. The van der Waals surface area contributed by atoms with Crippen LogP contribution in [0, 0.1) is 12.8 Å². The fraction of sp³-hybridized carbons (Fsp3) is 0.480. The summed E-state index contributed by atoms with van der Waals surface area (Å²) in [6.07, 6.45) is 2.85. The molecule has 0 unspecified atom stereocenters. The van der Waals surface area contributed by atoms with E-state index in [1.807, 2.05) is 19.1 Å². The van der Waals surface area contributed by atoms with Crippen LogP contribution in [0.4, 0.5) is 5.82 Å². The van der Waals surface area contributed by atoms with Gasteiger partial charge in [0.1, 0.15) is 11.9 Å². The number of carbonyl (C=O) groups excluding carboxylic acids is 2. The van der Waals surface area contributed by atoms with Gasteiger partial charge in [0.15, 0.2) is 0 Å². The predicted molar refractivity (Wildman–Crippen MR) is 126 cm³/mol. The minimum atomic E-state index is -0.626. The van der Waals surface area contributed by atoms with E-state index >= 15 is 0 Å². The van der Waals surface area contributed by atoms with Gasteiger partial charge in [-0.05, 0) is 55.8 Å². The summed E-state index contributed by atoms with van der Waals surface area (Å²) in [5, 5.41) is 6.32. The maximum absolute atomic E-state index is 13.3. The van der Waals surface area contributed by atoms with Crippen molar-refractivity contribution in [2.45, 2.75) is 44.8 Å². The number of anilines is 1. The second-order valence-corrected chi connectivity index (χ2v) is 8.91. The van der Waals surface area contributed by atoms with Gasteiger partial charge < -0.3 is 26.0 Å². The topological polar surface area (TPSA) is 110 Å². The number of rotatable bonds is 7. The minimum Gasteiger partial charge on any atom is -0.384 e. The number of amides is 2. The van der Waals surface area contributed by atoms with Gasteiger partial charge in [0.05, 0.1) is 19.3 Å². The summed E-state index contributed by atoms with van der Waals surface area (Å²) in [4.78, 5) is 32.2. The van der Waals surface area contributed by atoms with Crippen LogP contribution in [-0.4, -0.2) is 60.1 Å². The molecule has 8 nitrogen and oxygen atoms in total. The van der Waals surface area contributed by atoms with E-state index in [4.69, 9.17) is 10.5 Å². The molecule has 0 radical (unpaired) electrons. The van der Waals surface area contributed by atoms with Gasteiger partial charge >= 0.3 is 0 Å². The van der Waals surface area contributed by atoms with Crippen molar-refractivity contribution in [3.63, 3.8) is 0 Å². The second-order valence-electron chi connectivity index (χ2n) is 8.91. The number of nitrogen functional groups attached to an aromatic ring is 1. The van der Waals surface area contributed by atoms with Crippen molar-refractivity contribution in [1.82, 2.24) is 20.5 Å². The molecule has 2 aliphatic rings. The predicted octanol–water partition coefficient (Wildman–Crippen LogP) is 1.43. The summed E-state index contributed by atoms with van der Waals surface area (Å²) in [5.41, 5.74) is 8.70. The lowest BCUT2D eigenvalue weighted by atomic mass is 9.96. The molecule has 8 heteroatoms. The SMILES string of the molecule is Cc1nc(N)ccc1CNC(=O)[C@@H]1COCCN1C(=O)[C@H]1C[C@H](CCc2ccccc2)CN1. The molecule has 2 aromatic rings. The summed E-state index contributed by atoms with van der Waals surface area (Å²) in [7, 11) is 0. The Balaban J connectivity index is 1.31. The number of ether oxygens (including phenoxy) is 1. The average molecular weight is 452 g/mol. The van der Waals surface area contributed by atoms with Gasteiger partial charge in [0, 0.05) is 18.8 Å². The monoisotopic (exact) mass is 451 g/mol. The first-order valence-electron chi connectivity index (χ1n) is 11.7. The van der Waals surface area contributed by atoms with E-state index in [0.29, 0.717) is 31.4 Å². The third-order valence-corrected chi connectivity index (χ3v) is 6.59. The van der Waals surface area contributed by atoms with Crippen molar-refractivity contribution in [2.24, 2.45) is 5.92 Å². The molecule has 3 heterocycles. The van der Waals surface area contributed by atoms with Gasteiger partial charge in [-0.15, -0.1) is 0 Å². The molecule has 176 valence electrons. The molecule has 4 rings (SSSR count). The van der Waals surface area contributed by atoms with Crippen molar-refractivity contribution >= 4 is 17.6 Å². The lowest BCUT2D eigenvalue weighted by molar-refractivity contribution is -0.149. The summed E-state index contributed by atoms with van der Waals surface area (Å²) >= 11 is 0. The van der Waals surface area contributed by atoms with Gasteiger partial charge in [0.2, 0.25) is 11.8 Å². The van der Waals surface area contributed by atoms with Crippen LogP contribution in [-0.2, 0) is 27.3 Å². The van der Waals surface area contributed by atoms with E-state index < -0.39 is 6.04 Å². The number of nitrogens with zero attached hydrogens (tertiary/aromatic N) is 2. The Labute approximate surface area is 194 Å². The quantitative estimate of drug-likeness (QED) is 0.588. The van der Waals surface area contributed by atoms with Crippen LogP contribution >= 0.6 is 0 Å². The molecule has 33 heavy (non-hydrogen) atoms. The molecule has 0 saturated carbocycles. The highest BCUT2D eigenvalue weighted by Gasteiger charge is 2.38. The molecule has 2 fully saturated rings. The second kappa shape index (κ2) is 10.8. The van der Waals surface area contributed by atoms with E-state index in [1.54, 1.807) is 11.0 Å². The number of hydrogen-bond donors (Lipinski definition) is 3. The number of nitrogens with two attached hydrogens (primary N) is 1. The van der Waals surface area contributed by atoms with E-state index in [1.165, 1.54) is 5.56 Å². The standard InChI is InChI=1S/C25H33N5O3/c1-17-20(9-10-23(26)29-17)15-28-24(31)22-16-33-12-11-30(22)25(32)21-13-19(14-27-21)8-7-18-5-3-2-4-6-18/h2-6,9-10,19,21-22,27H,7-8,11-16H2,1H3,(H2,26,29)(H,28,31)/t19-,21+,22-/m0/s1. The van der Waals surface area contributed by atoms with E-state index in [2.05, 4.69) is 39.9 Å². The minimum absolute atomic E-state index is 0.00834. The van der Waals surface area contributed by atoms with Gasteiger partial charge in [-0.2, -0.15) is 0 Å². The highest BCUT2D eigenvalue weighted by Crippen LogP contribution is 2.23. The molecule has 2 saturated heterocycles. The van der Waals surface area contributed by atoms with Crippen molar-refractivity contribution in [3.05, 3.63) is 59.3 Å². The summed E-state index contributed by atoms with van der Waals surface area (Å²) in [5.74, 6) is 0.684. The Hall–Kier alpha value is -2.97. The molecule has 0 spiro atoms. The number of nitrogens with one attached hydrogen (secondary N) is 2. The molecule has 1 aromatic carbocycles. The number of aromatic nitrogens is 1. The van der Waals surface area contributed by atoms with E-state index in [9.17, 15) is 9.59 Å². The number of benzene rings is 1. The molecular formula is C25H33N5O3. The van der Waals surface area contributed by atoms with Crippen LogP contribution < -0.4 is 16.4 Å². The lowest BCUT2D eigenvalue weighted by Crippen LogP contribution is -2.59. The van der Waals surface area contributed by atoms with Crippen LogP contribution in [0.1, 0.15) is 29.7 Å². The smallest absolute Gasteiger partial charge is 0.245 e. The zero-order valence-corrected chi connectivity index (χ0v) is 19.1. The molecular weight excluding hydrogens is 418 g/mol. The van der Waals surface area contributed by atoms with E-state index in [-0.39, 0.29) is 24.5 Å². The molecule has 2 aliphatic heterocycles. The molecule has 3 atom stereocenters. The maximum atomic E-state index is 13.3. The number of carbonyl (C=O) groups is 2. The molecule has 4 N–H and O–H groups in total. The normalized spacial score (nSPS) is 22.8. The first-order chi connectivity index (χ1) is 16.0. The molecule has 2 amide bonds. The maximum Gasteiger partial charge on any atom is 0.245 e. The van der Waals surface area contributed by atoms with Crippen molar-refractivity contribution < 1.29 is 14.3 Å². The Morgan fingerprint density at radius 1 is 1.24 bits per heavy atom. The van der Waals surface area contributed by atoms with Crippen LogP contribution in [0.2, 0.25) is 0 Å². The number of hydrogen-bond acceptors (Lipinski definition) is 6. The Morgan fingerprint density at radius 2 is 2.06 bits per heavy atom. The number of pyridine rings is 1. The van der Waals surface area contributed by atoms with Gasteiger partial charge in [0.25, 0.3) is 0 Å². The molecule has 0 bridgehead atoms. The Kier molecular flexibility index (Phi) is 7.57. The van der Waals surface area contributed by atoms with Crippen LogP contribution in [0.3, 0.4) is 0 Å². The van der Waals surface area contributed by atoms with Crippen molar-refractivity contribution in [2.75, 3.05) is 32.0 Å². The highest BCUT2D eigenvalue weighted by molar-refractivity contribution is 5.90. The first kappa shape index (κ1) is 23.2.